The second-order valence-electron chi connectivity index (χ2n) is 7.51. The molecular weight excluding hydrogens is 392 g/mol. The van der Waals surface area contributed by atoms with Crippen molar-refractivity contribution in [3.05, 3.63) is 95.1 Å². The number of benzene rings is 3. The molecule has 0 bridgehead atoms. The summed E-state index contributed by atoms with van der Waals surface area (Å²) < 4.78 is 5.89. The summed E-state index contributed by atoms with van der Waals surface area (Å²) in [4.78, 5) is 14.8. The van der Waals surface area contributed by atoms with Gasteiger partial charge in [0, 0.05) is 18.0 Å². The van der Waals surface area contributed by atoms with Crippen molar-refractivity contribution in [2.24, 2.45) is 0 Å². The highest BCUT2D eigenvalue weighted by Crippen LogP contribution is 2.38. The first-order chi connectivity index (χ1) is 14.6. The molecule has 1 saturated heterocycles. The fourth-order valence-electron chi connectivity index (χ4n) is 3.56. The van der Waals surface area contributed by atoms with Gasteiger partial charge in [-0.3, -0.25) is 0 Å². The van der Waals surface area contributed by atoms with Gasteiger partial charge >= 0.3 is 6.03 Å². The molecule has 154 valence electrons. The standard InChI is InChI=1S/C25H26N2O2S/c1-18-8-13-23(19(2)16-18)26-25(28)27-14-15-30-24(27)21-9-11-22(12-10-21)29-17-20-6-4-3-5-7-20/h3-13,16,24H,14-15,17H2,1-2H3,(H,26,28)/t24-/m1/s1. The number of amides is 2. The van der Waals surface area contributed by atoms with Crippen molar-refractivity contribution in [3.63, 3.8) is 0 Å². The smallest absolute Gasteiger partial charge is 0.323 e. The zero-order valence-electron chi connectivity index (χ0n) is 17.3. The Hall–Kier alpha value is -2.92. The van der Waals surface area contributed by atoms with Crippen LogP contribution in [0.1, 0.15) is 27.6 Å². The normalized spacial score (nSPS) is 15.8. The van der Waals surface area contributed by atoms with Crippen LogP contribution in [-0.4, -0.2) is 23.2 Å². The molecule has 3 aromatic rings. The number of anilines is 1. The zero-order chi connectivity index (χ0) is 20.9. The van der Waals surface area contributed by atoms with Crippen LogP contribution >= 0.6 is 11.8 Å². The molecule has 1 aliphatic heterocycles. The first-order valence-electron chi connectivity index (χ1n) is 10.1. The van der Waals surface area contributed by atoms with Crippen molar-refractivity contribution < 1.29 is 9.53 Å². The van der Waals surface area contributed by atoms with Gasteiger partial charge in [0.2, 0.25) is 0 Å². The van der Waals surface area contributed by atoms with Crippen molar-refractivity contribution in [2.45, 2.75) is 25.8 Å². The van der Waals surface area contributed by atoms with E-state index >= 15 is 0 Å². The van der Waals surface area contributed by atoms with Gasteiger partial charge in [-0.25, -0.2) is 4.79 Å². The molecule has 2 amide bonds. The molecule has 0 aliphatic carbocycles. The van der Waals surface area contributed by atoms with Gasteiger partial charge in [-0.05, 0) is 48.7 Å². The zero-order valence-corrected chi connectivity index (χ0v) is 18.1. The number of carbonyl (C=O) groups excluding carboxylic acids is 1. The summed E-state index contributed by atoms with van der Waals surface area (Å²) in [5, 5.41) is 3.09. The molecule has 0 unspecified atom stereocenters. The summed E-state index contributed by atoms with van der Waals surface area (Å²) in [6.07, 6.45) is 0. The van der Waals surface area contributed by atoms with E-state index in [4.69, 9.17) is 4.74 Å². The van der Waals surface area contributed by atoms with Crippen molar-refractivity contribution in [2.75, 3.05) is 17.6 Å². The van der Waals surface area contributed by atoms with Crippen molar-refractivity contribution >= 4 is 23.5 Å². The fraction of sp³-hybridized carbons (Fsp3) is 0.240. The van der Waals surface area contributed by atoms with E-state index in [1.165, 1.54) is 5.56 Å². The van der Waals surface area contributed by atoms with Crippen LogP contribution < -0.4 is 10.1 Å². The van der Waals surface area contributed by atoms with Crippen LogP contribution in [0.25, 0.3) is 0 Å². The number of carbonyl (C=O) groups is 1. The average Bonchev–Trinajstić information content (AvgIpc) is 3.25. The molecule has 1 fully saturated rings. The minimum Gasteiger partial charge on any atom is -0.489 e. The van der Waals surface area contributed by atoms with Crippen molar-refractivity contribution in [1.29, 1.82) is 0 Å². The maximum absolute atomic E-state index is 12.9. The first kappa shape index (κ1) is 20.4. The lowest BCUT2D eigenvalue weighted by Crippen LogP contribution is -2.34. The molecule has 5 heteroatoms. The monoisotopic (exact) mass is 418 g/mol. The van der Waals surface area contributed by atoms with Crippen LogP contribution in [0.2, 0.25) is 0 Å². The molecule has 1 aliphatic rings. The van der Waals surface area contributed by atoms with E-state index in [0.29, 0.717) is 6.61 Å². The number of urea groups is 1. The molecule has 3 aromatic carbocycles. The summed E-state index contributed by atoms with van der Waals surface area (Å²) in [5.41, 5.74) is 5.38. The van der Waals surface area contributed by atoms with Crippen LogP contribution in [0.3, 0.4) is 0 Å². The molecule has 0 radical (unpaired) electrons. The molecule has 0 spiro atoms. The lowest BCUT2D eigenvalue weighted by molar-refractivity contribution is 0.214. The van der Waals surface area contributed by atoms with Crippen molar-refractivity contribution in [1.82, 2.24) is 4.90 Å². The third-order valence-corrected chi connectivity index (χ3v) is 6.45. The molecular formula is C25H26N2O2S. The summed E-state index contributed by atoms with van der Waals surface area (Å²) >= 11 is 1.79. The van der Waals surface area contributed by atoms with Gasteiger partial charge in [0.1, 0.15) is 17.7 Å². The second kappa shape index (κ2) is 9.26. The Morgan fingerprint density at radius 3 is 2.57 bits per heavy atom. The Labute approximate surface area is 182 Å². The molecule has 4 nitrogen and oxygen atoms in total. The van der Waals surface area contributed by atoms with Gasteiger partial charge in [-0.2, -0.15) is 0 Å². The molecule has 0 aromatic heterocycles. The maximum atomic E-state index is 12.9. The molecule has 0 saturated carbocycles. The minimum absolute atomic E-state index is 0.0129. The Morgan fingerprint density at radius 2 is 1.83 bits per heavy atom. The SMILES string of the molecule is Cc1ccc(NC(=O)N2CCS[C@@H]2c2ccc(OCc3ccccc3)cc2)c(C)c1. The number of thioether (sulfide) groups is 1. The molecule has 1 N–H and O–H groups in total. The van der Waals surface area contributed by atoms with E-state index in [9.17, 15) is 4.79 Å². The molecule has 30 heavy (non-hydrogen) atoms. The summed E-state index contributed by atoms with van der Waals surface area (Å²) in [6.45, 7) is 5.35. The van der Waals surface area contributed by atoms with E-state index in [0.717, 1.165) is 40.4 Å². The number of ether oxygens (including phenoxy) is 1. The number of nitrogens with zero attached hydrogens (tertiary/aromatic N) is 1. The quantitative estimate of drug-likeness (QED) is 0.539. The lowest BCUT2D eigenvalue weighted by atomic mass is 10.1. The Kier molecular flexibility index (Phi) is 6.29. The average molecular weight is 419 g/mol. The Balaban J connectivity index is 1.40. The number of hydrogen-bond donors (Lipinski definition) is 1. The van der Waals surface area contributed by atoms with Crippen LogP contribution in [0.4, 0.5) is 10.5 Å². The van der Waals surface area contributed by atoms with Crippen LogP contribution in [-0.2, 0) is 6.61 Å². The van der Waals surface area contributed by atoms with Gasteiger partial charge in [0.25, 0.3) is 0 Å². The Morgan fingerprint density at radius 1 is 1.07 bits per heavy atom. The summed E-state index contributed by atoms with van der Waals surface area (Å²) in [5.74, 6) is 1.76. The highest BCUT2D eigenvalue weighted by Gasteiger charge is 2.30. The van der Waals surface area contributed by atoms with E-state index in [1.54, 1.807) is 11.8 Å². The number of rotatable bonds is 5. The number of aryl methyl sites for hydroxylation is 2. The maximum Gasteiger partial charge on any atom is 0.323 e. The van der Waals surface area contributed by atoms with Gasteiger partial charge in [-0.1, -0.05) is 60.2 Å². The van der Waals surface area contributed by atoms with E-state index in [1.807, 2.05) is 54.3 Å². The number of hydrogen-bond acceptors (Lipinski definition) is 3. The first-order valence-corrected chi connectivity index (χ1v) is 11.2. The summed E-state index contributed by atoms with van der Waals surface area (Å²) in [7, 11) is 0. The highest BCUT2D eigenvalue weighted by atomic mass is 32.2. The van der Waals surface area contributed by atoms with Gasteiger partial charge < -0.3 is 15.0 Å². The van der Waals surface area contributed by atoms with Crippen LogP contribution in [0.15, 0.2) is 72.8 Å². The predicted octanol–water partition coefficient (Wildman–Crippen LogP) is 6.16. The topological polar surface area (TPSA) is 41.6 Å². The van der Waals surface area contributed by atoms with Gasteiger partial charge in [-0.15, -0.1) is 11.8 Å². The fourth-order valence-corrected chi connectivity index (χ4v) is 4.82. The highest BCUT2D eigenvalue weighted by molar-refractivity contribution is 7.99. The third kappa shape index (κ3) is 4.79. The van der Waals surface area contributed by atoms with Crippen LogP contribution in [0, 0.1) is 13.8 Å². The summed E-state index contributed by atoms with van der Waals surface area (Å²) in [6, 6.07) is 24.2. The second-order valence-corrected chi connectivity index (χ2v) is 8.70. The van der Waals surface area contributed by atoms with Crippen molar-refractivity contribution in [3.8, 4) is 5.75 Å². The largest absolute Gasteiger partial charge is 0.489 e. The van der Waals surface area contributed by atoms with E-state index < -0.39 is 0 Å². The minimum atomic E-state index is -0.0543. The number of nitrogens with one attached hydrogen (secondary N) is 1. The molecule has 4 rings (SSSR count). The lowest BCUT2D eigenvalue weighted by Gasteiger charge is -2.25. The van der Waals surface area contributed by atoms with E-state index in [-0.39, 0.29) is 11.4 Å². The van der Waals surface area contributed by atoms with Crippen LogP contribution in [0.5, 0.6) is 5.75 Å². The molecule has 1 atom stereocenters. The van der Waals surface area contributed by atoms with Gasteiger partial charge in [0.15, 0.2) is 0 Å². The predicted molar refractivity (Wildman–Crippen MR) is 124 cm³/mol. The third-order valence-electron chi connectivity index (χ3n) is 5.19. The van der Waals surface area contributed by atoms with E-state index in [2.05, 4.69) is 42.6 Å². The Bertz CT molecular complexity index is 1010. The van der Waals surface area contributed by atoms with Gasteiger partial charge in [0.05, 0.1) is 0 Å². The molecule has 1 heterocycles.